The van der Waals surface area contributed by atoms with Gasteiger partial charge in [0.2, 0.25) is 5.91 Å². The van der Waals surface area contributed by atoms with Gasteiger partial charge in [0, 0.05) is 18.0 Å². The van der Waals surface area contributed by atoms with Crippen LogP contribution in [0.3, 0.4) is 0 Å². The number of hydrogen-bond acceptors (Lipinski definition) is 5. The molecule has 0 bridgehead atoms. The van der Waals surface area contributed by atoms with Gasteiger partial charge in [-0.3, -0.25) is 9.59 Å². The SMILES string of the molecule is CCOC(=O)CN1C(=O)CC(c2cccc(F)c2)C(C(=O)OCc2ccccc2)=C1C. The van der Waals surface area contributed by atoms with Crippen LogP contribution in [0.4, 0.5) is 4.39 Å². The second kappa shape index (κ2) is 10.0. The molecule has 1 amide bonds. The van der Waals surface area contributed by atoms with Crippen LogP contribution < -0.4 is 0 Å². The zero-order chi connectivity index (χ0) is 22.4. The van der Waals surface area contributed by atoms with Crippen molar-refractivity contribution in [3.63, 3.8) is 0 Å². The molecule has 1 aliphatic heterocycles. The highest BCUT2D eigenvalue weighted by molar-refractivity contribution is 5.96. The molecule has 31 heavy (non-hydrogen) atoms. The summed E-state index contributed by atoms with van der Waals surface area (Å²) in [4.78, 5) is 39.1. The average Bonchev–Trinajstić information content (AvgIpc) is 2.75. The Morgan fingerprint density at radius 2 is 1.84 bits per heavy atom. The summed E-state index contributed by atoms with van der Waals surface area (Å²) in [6.45, 7) is 3.19. The van der Waals surface area contributed by atoms with E-state index in [1.165, 1.54) is 23.1 Å². The molecule has 0 aromatic heterocycles. The minimum atomic E-state index is -0.676. The van der Waals surface area contributed by atoms with Crippen LogP contribution >= 0.6 is 0 Å². The van der Waals surface area contributed by atoms with E-state index in [2.05, 4.69) is 0 Å². The number of nitrogens with zero attached hydrogens (tertiary/aromatic N) is 1. The Morgan fingerprint density at radius 3 is 2.52 bits per heavy atom. The molecule has 0 fully saturated rings. The Labute approximate surface area is 180 Å². The first-order valence-electron chi connectivity index (χ1n) is 10.0. The lowest BCUT2D eigenvalue weighted by atomic mass is 9.83. The van der Waals surface area contributed by atoms with Crippen LogP contribution in [0, 0.1) is 5.82 Å². The summed E-state index contributed by atoms with van der Waals surface area (Å²) in [7, 11) is 0. The van der Waals surface area contributed by atoms with Gasteiger partial charge in [-0.2, -0.15) is 0 Å². The number of carbonyl (C=O) groups is 3. The number of benzene rings is 2. The second-order valence-corrected chi connectivity index (χ2v) is 7.16. The number of amides is 1. The summed E-state index contributed by atoms with van der Waals surface area (Å²) in [5, 5.41) is 0. The number of halogens is 1. The molecule has 1 heterocycles. The van der Waals surface area contributed by atoms with Crippen molar-refractivity contribution in [2.24, 2.45) is 0 Å². The summed E-state index contributed by atoms with van der Waals surface area (Å²) >= 11 is 0. The highest BCUT2D eigenvalue weighted by Crippen LogP contribution is 2.37. The number of ether oxygens (including phenoxy) is 2. The first-order chi connectivity index (χ1) is 14.9. The molecule has 162 valence electrons. The number of hydrogen-bond donors (Lipinski definition) is 0. The Balaban J connectivity index is 1.94. The molecule has 2 aromatic rings. The number of carbonyl (C=O) groups excluding carboxylic acids is 3. The van der Waals surface area contributed by atoms with Gasteiger partial charge in [0.15, 0.2) is 0 Å². The summed E-state index contributed by atoms with van der Waals surface area (Å²) in [6, 6.07) is 15.0. The Hall–Kier alpha value is -3.48. The molecule has 0 radical (unpaired) electrons. The normalized spacial score (nSPS) is 16.3. The zero-order valence-corrected chi connectivity index (χ0v) is 17.5. The topological polar surface area (TPSA) is 72.9 Å². The van der Waals surface area contributed by atoms with E-state index in [0.29, 0.717) is 11.3 Å². The van der Waals surface area contributed by atoms with E-state index in [1.807, 2.05) is 30.3 Å². The van der Waals surface area contributed by atoms with Gasteiger partial charge >= 0.3 is 11.9 Å². The van der Waals surface area contributed by atoms with Crippen LogP contribution in [0.25, 0.3) is 0 Å². The van der Waals surface area contributed by atoms with Gasteiger partial charge in [0.05, 0.1) is 12.2 Å². The third-order valence-electron chi connectivity index (χ3n) is 5.10. The molecule has 1 atom stereocenters. The largest absolute Gasteiger partial charge is 0.465 e. The molecule has 0 saturated carbocycles. The standard InChI is InChI=1S/C24H24FNO5/c1-3-30-22(28)14-26-16(2)23(24(29)31-15-17-8-5-4-6-9-17)20(13-21(26)27)18-10-7-11-19(25)12-18/h4-12,20H,3,13-15H2,1-2H3. The number of allylic oxidation sites excluding steroid dienone is 1. The highest BCUT2D eigenvalue weighted by Gasteiger charge is 2.38. The van der Waals surface area contributed by atoms with Crippen LogP contribution in [0.5, 0.6) is 0 Å². The number of rotatable bonds is 7. The summed E-state index contributed by atoms with van der Waals surface area (Å²) in [5.41, 5.74) is 1.84. The Morgan fingerprint density at radius 1 is 1.10 bits per heavy atom. The monoisotopic (exact) mass is 425 g/mol. The Kier molecular flexibility index (Phi) is 7.18. The Bertz CT molecular complexity index is 1000. The summed E-state index contributed by atoms with van der Waals surface area (Å²) < 4.78 is 24.3. The van der Waals surface area contributed by atoms with E-state index in [0.717, 1.165) is 5.56 Å². The van der Waals surface area contributed by atoms with Crippen molar-refractivity contribution in [1.82, 2.24) is 4.90 Å². The molecule has 3 rings (SSSR count). The summed E-state index contributed by atoms with van der Waals surface area (Å²) in [6.07, 6.45) is -0.0873. The van der Waals surface area contributed by atoms with Crippen LogP contribution in [0.1, 0.15) is 37.3 Å². The van der Waals surface area contributed by atoms with Crippen LogP contribution in [-0.2, 0) is 30.5 Å². The van der Waals surface area contributed by atoms with E-state index >= 15 is 0 Å². The fourth-order valence-corrected chi connectivity index (χ4v) is 3.61. The maximum Gasteiger partial charge on any atom is 0.336 e. The van der Waals surface area contributed by atoms with Gasteiger partial charge in [0.1, 0.15) is 19.0 Å². The lowest BCUT2D eigenvalue weighted by molar-refractivity contribution is -0.149. The third-order valence-corrected chi connectivity index (χ3v) is 5.10. The van der Waals surface area contributed by atoms with Gasteiger partial charge in [-0.15, -0.1) is 0 Å². The van der Waals surface area contributed by atoms with Crippen molar-refractivity contribution in [2.75, 3.05) is 13.2 Å². The van der Waals surface area contributed by atoms with E-state index < -0.39 is 23.7 Å². The van der Waals surface area contributed by atoms with Crippen molar-refractivity contribution in [2.45, 2.75) is 32.8 Å². The lowest BCUT2D eigenvalue weighted by Gasteiger charge is -2.33. The molecule has 0 saturated heterocycles. The molecule has 1 unspecified atom stereocenters. The molecule has 6 nitrogen and oxygen atoms in total. The smallest absolute Gasteiger partial charge is 0.336 e. The van der Waals surface area contributed by atoms with Crippen molar-refractivity contribution >= 4 is 17.8 Å². The van der Waals surface area contributed by atoms with Crippen LogP contribution in [0.15, 0.2) is 65.9 Å². The fourth-order valence-electron chi connectivity index (χ4n) is 3.61. The molecule has 0 N–H and O–H groups in total. The summed E-state index contributed by atoms with van der Waals surface area (Å²) in [5.74, 6) is -2.67. The molecule has 1 aliphatic rings. The van der Waals surface area contributed by atoms with E-state index in [1.54, 1.807) is 19.9 Å². The van der Waals surface area contributed by atoms with Gasteiger partial charge in [0.25, 0.3) is 0 Å². The molecule has 2 aromatic carbocycles. The molecule has 0 aliphatic carbocycles. The van der Waals surface area contributed by atoms with Gasteiger partial charge in [-0.05, 0) is 37.1 Å². The maximum absolute atomic E-state index is 13.9. The second-order valence-electron chi connectivity index (χ2n) is 7.16. The quantitative estimate of drug-likeness (QED) is 0.632. The third kappa shape index (κ3) is 5.36. The van der Waals surface area contributed by atoms with E-state index in [4.69, 9.17) is 9.47 Å². The predicted octanol–water partition coefficient (Wildman–Crippen LogP) is 3.72. The molecular weight excluding hydrogens is 401 g/mol. The lowest BCUT2D eigenvalue weighted by Crippen LogP contribution is -2.41. The van der Waals surface area contributed by atoms with Gasteiger partial charge in [-0.1, -0.05) is 42.5 Å². The number of esters is 2. The molecule has 7 heteroatoms. The van der Waals surface area contributed by atoms with Gasteiger partial charge < -0.3 is 14.4 Å². The van der Waals surface area contributed by atoms with Crippen molar-refractivity contribution < 1.29 is 28.2 Å². The van der Waals surface area contributed by atoms with Crippen molar-refractivity contribution in [1.29, 1.82) is 0 Å². The van der Waals surface area contributed by atoms with Crippen LogP contribution in [-0.4, -0.2) is 35.9 Å². The first kappa shape index (κ1) is 22.2. The highest BCUT2D eigenvalue weighted by atomic mass is 19.1. The zero-order valence-electron chi connectivity index (χ0n) is 17.5. The van der Waals surface area contributed by atoms with Crippen molar-refractivity contribution in [3.05, 3.63) is 82.8 Å². The minimum Gasteiger partial charge on any atom is -0.465 e. The molecule has 0 spiro atoms. The van der Waals surface area contributed by atoms with Gasteiger partial charge in [-0.25, -0.2) is 9.18 Å². The van der Waals surface area contributed by atoms with E-state index in [9.17, 15) is 18.8 Å². The van der Waals surface area contributed by atoms with Crippen LogP contribution in [0.2, 0.25) is 0 Å². The van der Waals surface area contributed by atoms with E-state index in [-0.39, 0.29) is 37.7 Å². The predicted molar refractivity (Wildman–Crippen MR) is 111 cm³/mol. The van der Waals surface area contributed by atoms with Crippen molar-refractivity contribution in [3.8, 4) is 0 Å². The maximum atomic E-state index is 13.9. The fraction of sp³-hybridized carbons (Fsp3) is 0.292. The molecular formula is C24H24FNO5. The average molecular weight is 425 g/mol. The minimum absolute atomic E-state index is 0.0537. The first-order valence-corrected chi connectivity index (χ1v) is 10.0.